The first-order chi connectivity index (χ1) is 10.6. The van der Waals surface area contributed by atoms with Gasteiger partial charge in [-0.1, -0.05) is 37.3 Å². The maximum Gasteiger partial charge on any atom is 0.325 e. The number of imide groups is 1. The third-order valence-corrected chi connectivity index (χ3v) is 3.71. The number of nitrogens with one attached hydrogen (secondary N) is 2. The minimum Gasteiger partial charge on any atom is -0.371 e. The van der Waals surface area contributed by atoms with Gasteiger partial charge in [-0.15, -0.1) is 0 Å². The van der Waals surface area contributed by atoms with Crippen molar-refractivity contribution in [1.29, 1.82) is 0 Å². The molecule has 1 aromatic carbocycles. The first-order valence-electron chi connectivity index (χ1n) is 7.37. The van der Waals surface area contributed by atoms with Gasteiger partial charge in [0.25, 0.3) is 0 Å². The van der Waals surface area contributed by atoms with Crippen LogP contribution in [0.1, 0.15) is 37.7 Å². The predicted octanol–water partition coefficient (Wildman–Crippen LogP) is 1.28. The zero-order chi connectivity index (χ0) is 15.9. The highest BCUT2D eigenvalue weighted by Gasteiger charge is 2.26. The molecule has 2 amide bonds. The fourth-order valence-corrected chi connectivity index (χ4v) is 2.35. The molecule has 1 fully saturated rings. The van der Waals surface area contributed by atoms with Gasteiger partial charge in [-0.3, -0.25) is 19.7 Å². The number of hydrogen-bond acceptors (Lipinski definition) is 5. The molecule has 0 bridgehead atoms. The van der Waals surface area contributed by atoms with Crippen molar-refractivity contribution in [2.45, 2.75) is 32.1 Å². The minimum absolute atomic E-state index is 0.0612. The monoisotopic (exact) mass is 304 g/mol. The van der Waals surface area contributed by atoms with E-state index in [4.69, 9.17) is 4.84 Å². The molecular weight excluding hydrogens is 284 g/mol. The van der Waals surface area contributed by atoms with Crippen molar-refractivity contribution in [3.63, 3.8) is 0 Å². The highest BCUT2D eigenvalue weighted by molar-refractivity contribution is 5.98. The van der Waals surface area contributed by atoms with Crippen LogP contribution >= 0.6 is 0 Å². The summed E-state index contributed by atoms with van der Waals surface area (Å²) in [5.41, 5.74) is 3.61. The average molecular weight is 304 g/mol. The Morgan fingerprint density at radius 2 is 2.09 bits per heavy atom. The maximum atomic E-state index is 11.8. The van der Waals surface area contributed by atoms with Gasteiger partial charge < -0.3 is 4.84 Å². The molecule has 22 heavy (non-hydrogen) atoms. The Kier molecular flexibility index (Phi) is 5.66. The van der Waals surface area contributed by atoms with Gasteiger partial charge in [0.1, 0.15) is 0 Å². The normalized spacial score (nSPS) is 19.4. The van der Waals surface area contributed by atoms with Crippen molar-refractivity contribution in [2.75, 3.05) is 6.54 Å². The Morgan fingerprint density at radius 3 is 2.77 bits per heavy atom. The van der Waals surface area contributed by atoms with Crippen molar-refractivity contribution in [3.05, 3.63) is 35.9 Å². The molecule has 0 saturated carbocycles. The van der Waals surface area contributed by atoms with Crippen molar-refractivity contribution in [1.82, 2.24) is 10.8 Å². The molecular formula is C16H20N2O4. The number of rotatable bonds is 6. The number of hydroxylamine groups is 1. The summed E-state index contributed by atoms with van der Waals surface area (Å²) in [6, 6.07) is 9.72. The van der Waals surface area contributed by atoms with Crippen molar-refractivity contribution >= 4 is 17.8 Å². The van der Waals surface area contributed by atoms with Gasteiger partial charge in [0.15, 0.2) is 0 Å². The van der Waals surface area contributed by atoms with Gasteiger partial charge in [0.05, 0.1) is 12.3 Å². The zero-order valence-corrected chi connectivity index (χ0v) is 12.5. The Hall–Kier alpha value is -2.21. The van der Waals surface area contributed by atoms with Crippen LogP contribution in [-0.4, -0.2) is 24.3 Å². The standard InChI is InChI=1S/C16H20N2O4/c1-11(12-5-3-2-4-6-12)9-15(20)22-17-10-13-7-8-14(19)18-16(13)21/h2-6,11,13,17H,7-10H2,1H3,(H,18,19,21). The highest BCUT2D eigenvalue weighted by Crippen LogP contribution is 2.18. The molecule has 0 aliphatic carbocycles. The summed E-state index contributed by atoms with van der Waals surface area (Å²) in [6.07, 6.45) is 1.04. The van der Waals surface area contributed by atoms with Crippen molar-refractivity contribution in [2.24, 2.45) is 5.92 Å². The van der Waals surface area contributed by atoms with E-state index in [1.807, 2.05) is 37.3 Å². The summed E-state index contributed by atoms with van der Waals surface area (Å²) in [6.45, 7) is 2.17. The van der Waals surface area contributed by atoms with E-state index in [0.717, 1.165) is 5.56 Å². The van der Waals surface area contributed by atoms with E-state index in [9.17, 15) is 14.4 Å². The largest absolute Gasteiger partial charge is 0.371 e. The van der Waals surface area contributed by atoms with Gasteiger partial charge in [-0.2, -0.15) is 5.48 Å². The molecule has 0 aromatic heterocycles. The highest BCUT2D eigenvalue weighted by atomic mass is 16.7. The molecule has 118 valence electrons. The first kappa shape index (κ1) is 16.2. The Bertz CT molecular complexity index is 544. The lowest BCUT2D eigenvalue weighted by atomic mass is 9.98. The molecule has 1 aliphatic heterocycles. The van der Waals surface area contributed by atoms with Gasteiger partial charge in [0, 0.05) is 13.0 Å². The van der Waals surface area contributed by atoms with E-state index < -0.39 is 0 Å². The number of benzene rings is 1. The molecule has 0 spiro atoms. The van der Waals surface area contributed by atoms with Gasteiger partial charge in [0.2, 0.25) is 11.8 Å². The summed E-state index contributed by atoms with van der Waals surface area (Å²) in [5.74, 6) is -1.24. The lowest BCUT2D eigenvalue weighted by molar-refractivity contribution is -0.153. The molecule has 2 rings (SSSR count). The maximum absolute atomic E-state index is 11.8. The predicted molar refractivity (Wildman–Crippen MR) is 79.4 cm³/mol. The van der Waals surface area contributed by atoms with E-state index in [1.165, 1.54) is 0 Å². The summed E-state index contributed by atoms with van der Waals surface area (Å²) in [5, 5.41) is 2.26. The molecule has 0 radical (unpaired) electrons. The lowest BCUT2D eigenvalue weighted by Crippen LogP contribution is -2.44. The summed E-state index contributed by atoms with van der Waals surface area (Å²) >= 11 is 0. The number of carbonyl (C=O) groups is 3. The molecule has 6 heteroatoms. The van der Waals surface area contributed by atoms with E-state index in [-0.39, 0.29) is 42.6 Å². The van der Waals surface area contributed by atoms with Crippen LogP contribution in [0.2, 0.25) is 0 Å². The van der Waals surface area contributed by atoms with Crippen LogP contribution in [0, 0.1) is 5.92 Å². The van der Waals surface area contributed by atoms with Crippen molar-refractivity contribution in [3.8, 4) is 0 Å². The molecule has 1 saturated heterocycles. The molecule has 2 atom stereocenters. The Morgan fingerprint density at radius 1 is 1.36 bits per heavy atom. The van der Waals surface area contributed by atoms with Crippen LogP contribution in [-0.2, 0) is 19.2 Å². The fourth-order valence-electron chi connectivity index (χ4n) is 2.35. The number of carbonyl (C=O) groups excluding carboxylic acids is 3. The quantitative estimate of drug-likeness (QED) is 0.611. The minimum atomic E-state index is -0.372. The van der Waals surface area contributed by atoms with E-state index >= 15 is 0 Å². The third-order valence-electron chi connectivity index (χ3n) is 3.71. The second-order valence-electron chi connectivity index (χ2n) is 5.49. The summed E-state index contributed by atoms with van der Waals surface area (Å²) in [4.78, 5) is 39.3. The number of amides is 2. The topological polar surface area (TPSA) is 84.5 Å². The van der Waals surface area contributed by atoms with Crippen LogP contribution in [0.15, 0.2) is 30.3 Å². The van der Waals surface area contributed by atoms with Gasteiger partial charge in [-0.25, -0.2) is 0 Å². The zero-order valence-electron chi connectivity index (χ0n) is 12.5. The number of piperidine rings is 1. The Balaban J connectivity index is 1.70. The van der Waals surface area contributed by atoms with E-state index in [0.29, 0.717) is 12.8 Å². The lowest BCUT2D eigenvalue weighted by Gasteiger charge is -2.20. The van der Waals surface area contributed by atoms with E-state index in [2.05, 4.69) is 10.8 Å². The molecule has 1 heterocycles. The molecule has 2 unspecified atom stereocenters. The molecule has 6 nitrogen and oxygen atoms in total. The third kappa shape index (κ3) is 4.66. The van der Waals surface area contributed by atoms with Gasteiger partial charge >= 0.3 is 5.97 Å². The van der Waals surface area contributed by atoms with Crippen LogP contribution in [0.25, 0.3) is 0 Å². The smallest absolute Gasteiger partial charge is 0.325 e. The van der Waals surface area contributed by atoms with Crippen molar-refractivity contribution < 1.29 is 19.2 Å². The average Bonchev–Trinajstić information content (AvgIpc) is 2.50. The van der Waals surface area contributed by atoms with Gasteiger partial charge in [-0.05, 0) is 17.9 Å². The molecule has 1 aliphatic rings. The van der Waals surface area contributed by atoms with Crippen LogP contribution in [0.5, 0.6) is 0 Å². The first-order valence-corrected chi connectivity index (χ1v) is 7.37. The molecule has 1 aromatic rings. The summed E-state index contributed by atoms with van der Waals surface area (Å²) in [7, 11) is 0. The SMILES string of the molecule is CC(CC(=O)ONCC1CCC(=O)NC1=O)c1ccccc1. The van der Waals surface area contributed by atoms with E-state index in [1.54, 1.807) is 0 Å². The molecule has 2 N–H and O–H groups in total. The second kappa shape index (κ2) is 7.70. The fraction of sp³-hybridized carbons (Fsp3) is 0.438. The number of hydrogen-bond donors (Lipinski definition) is 2. The second-order valence-corrected chi connectivity index (χ2v) is 5.49. The van der Waals surface area contributed by atoms with Crippen LogP contribution < -0.4 is 10.8 Å². The van der Waals surface area contributed by atoms with Crippen LogP contribution in [0.3, 0.4) is 0 Å². The Labute approximate surface area is 129 Å². The van der Waals surface area contributed by atoms with Crippen LogP contribution in [0.4, 0.5) is 0 Å². The summed E-state index contributed by atoms with van der Waals surface area (Å²) < 4.78 is 0.